The number of carbonyl (C=O) groups excluding carboxylic acids is 1. The Morgan fingerprint density at radius 3 is 2.67 bits per heavy atom. The minimum absolute atomic E-state index is 0.0765. The molecule has 0 saturated heterocycles. The van der Waals surface area contributed by atoms with E-state index in [1.807, 2.05) is 18.2 Å². The van der Waals surface area contributed by atoms with Crippen LogP contribution in [0.3, 0.4) is 0 Å². The molecule has 4 heteroatoms. The molecular formula is C20H32O4. The van der Waals surface area contributed by atoms with Crippen molar-refractivity contribution in [3.05, 3.63) is 24.3 Å². The number of aliphatic hydroxyl groups is 1. The molecular weight excluding hydrogens is 304 g/mol. The van der Waals surface area contributed by atoms with Crippen LogP contribution in [0.2, 0.25) is 0 Å². The number of unbranched alkanes of at least 4 members (excludes halogenated alkanes) is 5. The van der Waals surface area contributed by atoms with E-state index in [1.165, 1.54) is 19.3 Å². The lowest BCUT2D eigenvalue weighted by Gasteiger charge is -2.22. The summed E-state index contributed by atoms with van der Waals surface area (Å²) in [5, 5.41) is 19.0. The minimum atomic E-state index is -0.777. The van der Waals surface area contributed by atoms with Crippen LogP contribution in [0.5, 0.6) is 0 Å². The van der Waals surface area contributed by atoms with E-state index in [-0.39, 0.29) is 24.0 Å². The predicted molar refractivity (Wildman–Crippen MR) is 95.8 cm³/mol. The van der Waals surface area contributed by atoms with Crippen molar-refractivity contribution in [2.75, 3.05) is 0 Å². The maximum absolute atomic E-state index is 12.0. The first kappa shape index (κ1) is 20.6. The van der Waals surface area contributed by atoms with Crippen LogP contribution in [-0.2, 0) is 9.59 Å². The Morgan fingerprint density at radius 1 is 1.21 bits per heavy atom. The van der Waals surface area contributed by atoms with Gasteiger partial charge in [-0.05, 0) is 31.8 Å². The van der Waals surface area contributed by atoms with Crippen molar-refractivity contribution in [3.8, 4) is 0 Å². The van der Waals surface area contributed by atoms with Crippen LogP contribution in [0, 0.1) is 11.8 Å². The summed E-state index contributed by atoms with van der Waals surface area (Å²) in [5.41, 5.74) is 0. The lowest BCUT2D eigenvalue weighted by atomic mass is 9.85. The molecule has 1 aliphatic carbocycles. The Kier molecular flexibility index (Phi) is 10.3. The van der Waals surface area contributed by atoms with E-state index in [0.717, 1.165) is 19.3 Å². The number of hydrogen-bond acceptors (Lipinski definition) is 3. The van der Waals surface area contributed by atoms with Crippen LogP contribution in [0.1, 0.15) is 71.1 Å². The van der Waals surface area contributed by atoms with Crippen molar-refractivity contribution in [1.82, 2.24) is 0 Å². The molecule has 0 aliphatic heterocycles. The molecule has 0 aromatic heterocycles. The maximum atomic E-state index is 12.0. The zero-order chi connectivity index (χ0) is 17.8. The van der Waals surface area contributed by atoms with Gasteiger partial charge in [0.1, 0.15) is 0 Å². The highest BCUT2D eigenvalue weighted by molar-refractivity contribution is 5.94. The molecule has 0 bridgehead atoms. The monoisotopic (exact) mass is 336 g/mol. The number of carboxylic acids is 1. The number of allylic oxidation sites excluding steroid dienone is 3. The Hall–Kier alpha value is -1.42. The van der Waals surface area contributed by atoms with Gasteiger partial charge in [-0.3, -0.25) is 9.59 Å². The number of hydrogen-bond donors (Lipinski definition) is 2. The Labute approximate surface area is 145 Å². The van der Waals surface area contributed by atoms with Crippen molar-refractivity contribution in [2.45, 2.75) is 77.2 Å². The van der Waals surface area contributed by atoms with Gasteiger partial charge < -0.3 is 10.2 Å². The SMILES string of the molecule is CCCCCCCC(O)[C@H]1C=CC(=O)[C@@H]1C/C=C\CCCC(=O)O. The summed E-state index contributed by atoms with van der Waals surface area (Å²) in [4.78, 5) is 22.4. The standard InChI is InChI=1S/C20H32O4/c1-2-3-4-5-9-12-18(21)17-14-15-19(22)16(17)11-8-6-7-10-13-20(23)24/h6,8,14-18,21H,2-5,7,9-13H2,1H3,(H,23,24)/b8-6-/t16-,17+,18?/m1/s1. The van der Waals surface area contributed by atoms with E-state index in [2.05, 4.69) is 6.92 Å². The lowest BCUT2D eigenvalue weighted by molar-refractivity contribution is -0.137. The molecule has 0 fully saturated rings. The van der Waals surface area contributed by atoms with Gasteiger partial charge in [0.15, 0.2) is 5.78 Å². The number of rotatable bonds is 13. The van der Waals surface area contributed by atoms with Gasteiger partial charge in [-0.2, -0.15) is 0 Å². The highest BCUT2D eigenvalue weighted by atomic mass is 16.4. The van der Waals surface area contributed by atoms with Gasteiger partial charge in [-0.25, -0.2) is 0 Å². The molecule has 1 rings (SSSR count). The summed E-state index contributed by atoms with van der Waals surface area (Å²) in [6, 6.07) is 0. The quantitative estimate of drug-likeness (QED) is 0.389. The second-order valence-electron chi connectivity index (χ2n) is 6.71. The van der Waals surface area contributed by atoms with Gasteiger partial charge in [0.25, 0.3) is 0 Å². The number of aliphatic hydroxyl groups excluding tert-OH is 1. The molecule has 2 N–H and O–H groups in total. The number of ketones is 1. The summed E-state index contributed by atoms with van der Waals surface area (Å²) in [5.74, 6) is -0.917. The fraction of sp³-hybridized carbons (Fsp3) is 0.700. The highest BCUT2D eigenvalue weighted by Crippen LogP contribution is 2.31. The van der Waals surface area contributed by atoms with E-state index < -0.39 is 12.1 Å². The largest absolute Gasteiger partial charge is 0.481 e. The van der Waals surface area contributed by atoms with Crippen molar-refractivity contribution in [1.29, 1.82) is 0 Å². The van der Waals surface area contributed by atoms with Crippen molar-refractivity contribution < 1.29 is 19.8 Å². The van der Waals surface area contributed by atoms with Crippen LogP contribution in [-0.4, -0.2) is 28.1 Å². The zero-order valence-electron chi connectivity index (χ0n) is 14.8. The first-order valence-electron chi connectivity index (χ1n) is 9.33. The third kappa shape index (κ3) is 7.91. The molecule has 1 unspecified atom stereocenters. The van der Waals surface area contributed by atoms with Crippen LogP contribution in [0.25, 0.3) is 0 Å². The Bertz CT molecular complexity index is 439. The summed E-state index contributed by atoms with van der Waals surface area (Å²) >= 11 is 0. The van der Waals surface area contributed by atoms with E-state index in [1.54, 1.807) is 6.08 Å². The summed E-state index contributed by atoms with van der Waals surface area (Å²) < 4.78 is 0. The molecule has 0 amide bonds. The fourth-order valence-electron chi connectivity index (χ4n) is 3.20. The second kappa shape index (κ2) is 12.0. The van der Waals surface area contributed by atoms with E-state index >= 15 is 0 Å². The average molecular weight is 336 g/mol. The van der Waals surface area contributed by atoms with Gasteiger partial charge in [-0.1, -0.05) is 57.3 Å². The molecule has 0 radical (unpaired) electrons. The molecule has 0 aromatic rings. The van der Waals surface area contributed by atoms with Gasteiger partial charge in [0.2, 0.25) is 0 Å². The third-order valence-electron chi connectivity index (χ3n) is 4.68. The third-order valence-corrected chi connectivity index (χ3v) is 4.68. The van der Waals surface area contributed by atoms with Gasteiger partial charge >= 0.3 is 5.97 Å². The molecule has 1 aliphatic rings. The zero-order valence-corrected chi connectivity index (χ0v) is 14.8. The van der Waals surface area contributed by atoms with Gasteiger partial charge in [-0.15, -0.1) is 0 Å². The summed E-state index contributed by atoms with van der Waals surface area (Å²) in [7, 11) is 0. The van der Waals surface area contributed by atoms with E-state index in [0.29, 0.717) is 19.3 Å². The molecule has 0 aromatic carbocycles. The molecule has 0 saturated carbocycles. The van der Waals surface area contributed by atoms with Gasteiger partial charge in [0.05, 0.1) is 6.10 Å². The first-order chi connectivity index (χ1) is 11.6. The number of carbonyl (C=O) groups is 2. The first-order valence-corrected chi connectivity index (χ1v) is 9.33. The molecule has 4 nitrogen and oxygen atoms in total. The average Bonchev–Trinajstić information content (AvgIpc) is 2.91. The predicted octanol–water partition coefficient (Wildman–Crippen LogP) is 4.28. The number of aliphatic carboxylic acids is 1. The lowest BCUT2D eigenvalue weighted by Crippen LogP contribution is -2.26. The molecule has 3 atom stereocenters. The minimum Gasteiger partial charge on any atom is -0.481 e. The highest BCUT2D eigenvalue weighted by Gasteiger charge is 2.33. The normalized spacial score (nSPS) is 21.7. The summed E-state index contributed by atoms with van der Waals surface area (Å²) in [6.45, 7) is 2.18. The Balaban J connectivity index is 2.32. The van der Waals surface area contributed by atoms with Crippen LogP contribution < -0.4 is 0 Å². The Morgan fingerprint density at radius 2 is 1.96 bits per heavy atom. The van der Waals surface area contributed by atoms with Crippen LogP contribution in [0.15, 0.2) is 24.3 Å². The van der Waals surface area contributed by atoms with Crippen molar-refractivity contribution >= 4 is 11.8 Å². The van der Waals surface area contributed by atoms with Gasteiger partial charge in [0, 0.05) is 18.3 Å². The second-order valence-corrected chi connectivity index (χ2v) is 6.71. The molecule has 0 spiro atoms. The van der Waals surface area contributed by atoms with E-state index in [4.69, 9.17) is 5.11 Å². The topological polar surface area (TPSA) is 74.6 Å². The smallest absolute Gasteiger partial charge is 0.303 e. The van der Waals surface area contributed by atoms with Crippen LogP contribution >= 0.6 is 0 Å². The van der Waals surface area contributed by atoms with Crippen molar-refractivity contribution in [3.63, 3.8) is 0 Å². The number of carboxylic acid groups (broad SMARTS) is 1. The van der Waals surface area contributed by atoms with E-state index in [9.17, 15) is 14.7 Å². The maximum Gasteiger partial charge on any atom is 0.303 e. The van der Waals surface area contributed by atoms with Crippen LogP contribution in [0.4, 0.5) is 0 Å². The summed E-state index contributed by atoms with van der Waals surface area (Å²) in [6.07, 6.45) is 15.6. The van der Waals surface area contributed by atoms with Crippen molar-refractivity contribution in [2.24, 2.45) is 11.8 Å². The molecule has 0 heterocycles. The fourth-order valence-corrected chi connectivity index (χ4v) is 3.20. The molecule has 24 heavy (non-hydrogen) atoms. The molecule has 136 valence electrons.